The molecule has 0 spiro atoms. The molecule has 6 nitrogen and oxygen atoms in total. The first kappa shape index (κ1) is 29.6. The third-order valence-electron chi connectivity index (χ3n) is 8.57. The van der Waals surface area contributed by atoms with E-state index in [0.29, 0.717) is 23.1 Å². The number of rotatable bonds is 7. The molecule has 3 atom stereocenters. The summed E-state index contributed by atoms with van der Waals surface area (Å²) in [5.74, 6) is 1.01. The standard InChI is InChI=1S/C27H39F3N4O2.ClH/c1-17(34-16-22(27(28,29)30)33-26(34)36)18-12-14-21(15-13-18)32-25(35)24(31)23(19-8-4-2-5-9-19)20-10-6-3-7-11-20;/h12-15,17,19-20,22-24H,2-11,16,31H2,1H3,(H,32,35)(H,33,36);1H/t17?,22-,24?;/m0./s1. The first-order chi connectivity index (χ1) is 17.1. The van der Waals surface area contributed by atoms with Gasteiger partial charge in [0.05, 0.1) is 18.6 Å². The van der Waals surface area contributed by atoms with Gasteiger partial charge in [0.1, 0.15) is 6.04 Å². The fourth-order valence-corrected chi connectivity index (χ4v) is 6.51. The summed E-state index contributed by atoms with van der Waals surface area (Å²) in [6, 6.07) is 3.22. The third kappa shape index (κ3) is 7.11. The Kier molecular flexibility index (Phi) is 10.1. The average molecular weight is 545 g/mol. The highest BCUT2D eigenvalue weighted by molar-refractivity contribution is 5.95. The van der Waals surface area contributed by atoms with E-state index < -0.39 is 36.9 Å². The van der Waals surface area contributed by atoms with Crippen LogP contribution in [0, 0.1) is 17.8 Å². The van der Waals surface area contributed by atoms with Crippen LogP contribution in [-0.2, 0) is 4.79 Å². The molecule has 3 amide bonds. The van der Waals surface area contributed by atoms with Gasteiger partial charge in [-0.05, 0) is 42.4 Å². The highest BCUT2D eigenvalue weighted by atomic mass is 35.5. The summed E-state index contributed by atoms with van der Waals surface area (Å²) < 4.78 is 39.0. The summed E-state index contributed by atoms with van der Waals surface area (Å²) in [7, 11) is 0. The number of amides is 3. The second-order valence-corrected chi connectivity index (χ2v) is 10.9. The quantitative estimate of drug-likeness (QED) is 0.384. The minimum absolute atomic E-state index is 0. The molecule has 2 saturated carbocycles. The summed E-state index contributed by atoms with van der Waals surface area (Å²) in [6.45, 7) is 1.27. The molecule has 37 heavy (non-hydrogen) atoms. The van der Waals surface area contributed by atoms with Crippen molar-refractivity contribution < 1.29 is 22.8 Å². The molecule has 0 radical (unpaired) electrons. The Hall–Kier alpha value is -2.00. The molecule has 0 bridgehead atoms. The molecule has 1 aliphatic heterocycles. The number of nitrogens with one attached hydrogen (secondary N) is 2. The zero-order chi connectivity index (χ0) is 25.9. The van der Waals surface area contributed by atoms with Gasteiger partial charge in [0.15, 0.2) is 0 Å². The third-order valence-corrected chi connectivity index (χ3v) is 8.57. The highest BCUT2D eigenvalue weighted by Gasteiger charge is 2.48. The van der Waals surface area contributed by atoms with Gasteiger partial charge < -0.3 is 21.3 Å². The van der Waals surface area contributed by atoms with E-state index in [-0.39, 0.29) is 24.2 Å². The van der Waals surface area contributed by atoms with Gasteiger partial charge in [-0.3, -0.25) is 4.79 Å². The van der Waals surface area contributed by atoms with E-state index in [2.05, 4.69) is 5.32 Å². The molecular weight excluding hydrogens is 505 g/mol. The first-order valence-electron chi connectivity index (χ1n) is 13.5. The predicted octanol–water partition coefficient (Wildman–Crippen LogP) is 6.17. The van der Waals surface area contributed by atoms with Crippen molar-refractivity contribution >= 4 is 30.0 Å². The molecule has 3 fully saturated rings. The van der Waals surface area contributed by atoms with E-state index in [1.807, 2.05) is 5.32 Å². The molecule has 3 aliphatic rings. The van der Waals surface area contributed by atoms with E-state index in [9.17, 15) is 22.8 Å². The fourth-order valence-electron chi connectivity index (χ4n) is 6.51. The van der Waals surface area contributed by atoms with Gasteiger partial charge in [0.25, 0.3) is 0 Å². The Labute approximate surface area is 223 Å². The minimum atomic E-state index is -4.48. The second-order valence-electron chi connectivity index (χ2n) is 10.9. The number of hydrogen-bond donors (Lipinski definition) is 3. The number of urea groups is 1. The van der Waals surface area contributed by atoms with Crippen molar-refractivity contribution in [2.75, 3.05) is 11.9 Å². The number of anilines is 1. The van der Waals surface area contributed by atoms with Crippen LogP contribution in [0.2, 0.25) is 0 Å². The Morgan fingerprint density at radius 2 is 1.51 bits per heavy atom. The van der Waals surface area contributed by atoms with E-state index in [0.717, 1.165) is 25.7 Å². The van der Waals surface area contributed by atoms with Crippen molar-refractivity contribution in [3.05, 3.63) is 29.8 Å². The smallest absolute Gasteiger partial charge is 0.325 e. The van der Waals surface area contributed by atoms with E-state index in [1.54, 1.807) is 31.2 Å². The number of carbonyl (C=O) groups excluding carboxylic acids is 2. The maximum absolute atomic E-state index is 13.2. The van der Waals surface area contributed by atoms with Gasteiger partial charge in [0, 0.05) is 5.69 Å². The Balaban J connectivity index is 0.00000380. The summed E-state index contributed by atoms with van der Waals surface area (Å²) in [5, 5.41) is 4.97. The van der Waals surface area contributed by atoms with E-state index >= 15 is 0 Å². The lowest BCUT2D eigenvalue weighted by Gasteiger charge is -2.40. The molecule has 4 N–H and O–H groups in total. The van der Waals surface area contributed by atoms with Gasteiger partial charge in [-0.15, -0.1) is 12.4 Å². The number of hydrogen-bond acceptors (Lipinski definition) is 3. The lowest BCUT2D eigenvalue weighted by atomic mass is 9.66. The van der Waals surface area contributed by atoms with Crippen molar-refractivity contribution in [2.24, 2.45) is 23.5 Å². The molecule has 2 aliphatic carbocycles. The molecule has 4 rings (SSSR count). The Morgan fingerprint density at radius 3 is 1.97 bits per heavy atom. The van der Waals surface area contributed by atoms with Crippen molar-refractivity contribution in [2.45, 2.75) is 95.4 Å². The van der Waals surface area contributed by atoms with Crippen molar-refractivity contribution in [1.29, 1.82) is 0 Å². The zero-order valence-corrected chi connectivity index (χ0v) is 22.3. The van der Waals surface area contributed by atoms with Gasteiger partial charge in [0.2, 0.25) is 5.91 Å². The normalized spacial score (nSPS) is 23.4. The molecule has 10 heteroatoms. The van der Waals surface area contributed by atoms with Gasteiger partial charge in [-0.1, -0.05) is 76.3 Å². The summed E-state index contributed by atoms with van der Waals surface area (Å²) in [4.78, 5) is 26.5. The highest BCUT2D eigenvalue weighted by Crippen LogP contribution is 2.41. The second kappa shape index (κ2) is 12.7. The minimum Gasteiger partial charge on any atom is -0.325 e. The lowest BCUT2D eigenvalue weighted by molar-refractivity contribution is -0.150. The molecule has 208 valence electrons. The summed E-state index contributed by atoms with van der Waals surface area (Å²) in [5.41, 5.74) is 7.93. The summed E-state index contributed by atoms with van der Waals surface area (Å²) in [6.07, 6.45) is 7.46. The fraction of sp³-hybridized carbons (Fsp3) is 0.704. The Morgan fingerprint density at radius 1 is 1.00 bits per heavy atom. The largest absolute Gasteiger partial charge is 0.410 e. The van der Waals surface area contributed by atoms with Crippen LogP contribution in [-0.4, -0.2) is 41.6 Å². The number of benzene rings is 1. The van der Waals surface area contributed by atoms with Crippen LogP contribution >= 0.6 is 12.4 Å². The topological polar surface area (TPSA) is 87.5 Å². The molecule has 1 aromatic carbocycles. The van der Waals surface area contributed by atoms with Gasteiger partial charge in [-0.25, -0.2) is 4.79 Å². The van der Waals surface area contributed by atoms with Crippen molar-refractivity contribution in [3.8, 4) is 0 Å². The van der Waals surface area contributed by atoms with Crippen molar-refractivity contribution in [3.63, 3.8) is 0 Å². The molecular formula is C27H40ClF3N4O2. The molecule has 0 aromatic heterocycles. The molecule has 1 saturated heterocycles. The predicted molar refractivity (Wildman–Crippen MR) is 140 cm³/mol. The molecule has 1 aromatic rings. The molecule has 2 unspecified atom stereocenters. The zero-order valence-electron chi connectivity index (χ0n) is 21.4. The van der Waals surface area contributed by atoms with Crippen LogP contribution in [0.25, 0.3) is 0 Å². The van der Waals surface area contributed by atoms with Crippen LogP contribution in [0.4, 0.5) is 23.7 Å². The number of halogens is 4. The van der Waals surface area contributed by atoms with Crippen LogP contribution in [0.5, 0.6) is 0 Å². The number of nitrogens with two attached hydrogens (primary N) is 1. The van der Waals surface area contributed by atoms with Crippen LogP contribution in [0.3, 0.4) is 0 Å². The first-order valence-corrected chi connectivity index (χ1v) is 13.5. The SMILES string of the molecule is CC(c1ccc(NC(=O)C(N)C(C2CCCCC2)C2CCCCC2)cc1)N1C[C@@H](C(F)(F)F)NC1=O.Cl. The molecule has 1 heterocycles. The lowest BCUT2D eigenvalue weighted by Crippen LogP contribution is -2.48. The van der Waals surface area contributed by atoms with Crippen LogP contribution in [0.1, 0.15) is 82.7 Å². The Bertz CT molecular complexity index is 884. The van der Waals surface area contributed by atoms with Crippen LogP contribution < -0.4 is 16.4 Å². The maximum atomic E-state index is 13.2. The van der Waals surface area contributed by atoms with Crippen molar-refractivity contribution in [1.82, 2.24) is 10.2 Å². The van der Waals surface area contributed by atoms with E-state index in [4.69, 9.17) is 5.73 Å². The van der Waals surface area contributed by atoms with Gasteiger partial charge in [-0.2, -0.15) is 13.2 Å². The summed E-state index contributed by atoms with van der Waals surface area (Å²) >= 11 is 0. The number of alkyl halides is 3. The average Bonchev–Trinajstić information content (AvgIpc) is 3.27. The van der Waals surface area contributed by atoms with E-state index in [1.165, 1.54) is 43.4 Å². The van der Waals surface area contributed by atoms with Crippen LogP contribution in [0.15, 0.2) is 24.3 Å². The maximum Gasteiger partial charge on any atom is 0.410 e. The van der Waals surface area contributed by atoms with Gasteiger partial charge >= 0.3 is 12.2 Å². The monoisotopic (exact) mass is 544 g/mol. The number of nitrogens with zero attached hydrogens (tertiary/aromatic N) is 1. The number of carbonyl (C=O) groups is 2.